The van der Waals surface area contributed by atoms with Crippen molar-refractivity contribution in [3.63, 3.8) is 0 Å². The third-order valence-electron chi connectivity index (χ3n) is 2.37. The molecule has 0 atom stereocenters. The highest BCUT2D eigenvalue weighted by atomic mass is 32.1. The maximum absolute atomic E-state index is 13.8. The molecule has 0 radical (unpaired) electrons. The van der Waals surface area contributed by atoms with Crippen LogP contribution in [0.4, 0.5) is 4.39 Å². The zero-order chi connectivity index (χ0) is 13.1. The molecule has 0 amide bonds. The average molecular weight is 262 g/mol. The van der Waals surface area contributed by atoms with Gasteiger partial charge in [-0.2, -0.15) is 0 Å². The number of aryl methyl sites for hydroxylation is 1. The van der Waals surface area contributed by atoms with Gasteiger partial charge in [0.15, 0.2) is 11.6 Å². The predicted molar refractivity (Wildman–Crippen MR) is 71.3 cm³/mol. The lowest BCUT2D eigenvalue weighted by Gasteiger charge is -2.08. The summed E-state index contributed by atoms with van der Waals surface area (Å²) in [5.74, 6) is 0.221. The lowest BCUT2D eigenvalue weighted by atomic mass is 10.2. The highest BCUT2D eigenvalue weighted by Gasteiger charge is 2.08. The first-order chi connectivity index (χ1) is 8.58. The van der Waals surface area contributed by atoms with Crippen molar-refractivity contribution in [2.75, 3.05) is 0 Å². The van der Waals surface area contributed by atoms with Crippen LogP contribution in [0.2, 0.25) is 0 Å². The number of nitrogens with two attached hydrogens (primary N) is 1. The Morgan fingerprint density at radius 3 is 2.89 bits per heavy atom. The summed E-state index contributed by atoms with van der Waals surface area (Å²) in [5, 5.41) is 0. The molecule has 1 aromatic carbocycles. The van der Waals surface area contributed by atoms with Gasteiger partial charge in [0.25, 0.3) is 0 Å². The summed E-state index contributed by atoms with van der Waals surface area (Å²) >= 11 is 4.82. The molecule has 18 heavy (non-hydrogen) atoms. The summed E-state index contributed by atoms with van der Waals surface area (Å²) in [6.07, 6.45) is 1.51. The predicted octanol–water partition coefficient (Wildman–Crippen LogP) is 2.96. The molecular formula is C13H11FN2OS. The summed E-state index contributed by atoms with van der Waals surface area (Å²) in [6, 6.07) is 8.15. The molecule has 1 aromatic heterocycles. The first kappa shape index (κ1) is 12.4. The standard InChI is InChI=1S/C13H11FN2OS/c1-8-3-2-4-11(12(8)14)17-9-5-6-16-10(7-9)13(15)18/h2-7H,1H3,(H2,15,18). The van der Waals surface area contributed by atoms with E-state index < -0.39 is 0 Å². The summed E-state index contributed by atoms with van der Waals surface area (Å²) in [6.45, 7) is 1.68. The van der Waals surface area contributed by atoms with Gasteiger partial charge in [0, 0.05) is 12.3 Å². The van der Waals surface area contributed by atoms with Crippen LogP contribution in [0.1, 0.15) is 11.3 Å². The highest BCUT2D eigenvalue weighted by Crippen LogP contribution is 2.26. The van der Waals surface area contributed by atoms with E-state index >= 15 is 0 Å². The number of ether oxygens (including phenoxy) is 1. The number of benzene rings is 1. The molecule has 0 aliphatic rings. The van der Waals surface area contributed by atoms with Gasteiger partial charge in [-0.3, -0.25) is 4.98 Å². The van der Waals surface area contributed by atoms with Gasteiger partial charge in [-0.05, 0) is 24.6 Å². The molecule has 1 heterocycles. The fraction of sp³-hybridized carbons (Fsp3) is 0.0769. The second-order valence-electron chi connectivity index (χ2n) is 3.73. The Labute approximate surface area is 109 Å². The number of halogens is 1. The van der Waals surface area contributed by atoms with Gasteiger partial charge < -0.3 is 10.5 Å². The van der Waals surface area contributed by atoms with E-state index in [9.17, 15) is 4.39 Å². The number of thiocarbonyl (C=S) groups is 1. The molecule has 2 rings (SSSR count). The molecule has 0 unspecified atom stereocenters. The van der Waals surface area contributed by atoms with Crippen LogP contribution in [0, 0.1) is 12.7 Å². The SMILES string of the molecule is Cc1cccc(Oc2ccnc(C(N)=S)c2)c1F. The number of pyridine rings is 1. The minimum Gasteiger partial charge on any atom is -0.454 e. The average Bonchev–Trinajstić information content (AvgIpc) is 2.35. The Balaban J connectivity index is 2.31. The van der Waals surface area contributed by atoms with E-state index in [1.165, 1.54) is 6.20 Å². The number of rotatable bonds is 3. The molecule has 92 valence electrons. The summed E-state index contributed by atoms with van der Waals surface area (Å²) in [7, 11) is 0. The maximum atomic E-state index is 13.8. The molecule has 0 fully saturated rings. The number of hydrogen-bond acceptors (Lipinski definition) is 3. The van der Waals surface area contributed by atoms with Crippen molar-refractivity contribution in [1.82, 2.24) is 4.98 Å². The third kappa shape index (κ3) is 2.62. The molecule has 5 heteroatoms. The molecule has 0 aliphatic carbocycles. The number of nitrogens with zero attached hydrogens (tertiary/aromatic N) is 1. The van der Waals surface area contributed by atoms with Crippen LogP contribution in [0.3, 0.4) is 0 Å². The van der Waals surface area contributed by atoms with Gasteiger partial charge in [-0.1, -0.05) is 24.4 Å². The molecule has 0 bridgehead atoms. The molecule has 3 nitrogen and oxygen atoms in total. The normalized spacial score (nSPS) is 10.1. The van der Waals surface area contributed by atoms with Crippen molar-refractivity contribution in [3.8, 4) is 11.5 Å². The molecule has 2 N–H and O–H groups in total. The van der Waals surface area contributed by atoms with Crippen LogP contribution in [-0.4, -0.2) is 9.97 Å². The lowest BCUT2D eigenvalue weighted by molar-refractivity contribution is 0.439. The molecule has 0 aliphatic heterocycles. The first-order valence-electron chi connectivity index (χ1n) is 5.27. The first-order valence-corrected chi connectivity index (χ1v) is 5.67. The quantitative estimate of drug-likeness (QED) is 0.864. The Kier molecular flexibility index (Phi) is 3.53. The van der Waals surface area contributed by atoms with E-state index in [1.54, 1.807) is 37.3 Å². The fourth-order valence-corrected chi connectivity index (χ4v) is 1.55. The van der Waals surface area contributed by atoms with Crippen molar-refractivity contribution in [3.05, 3.63) is 53.6 Å². The monoisotopic (exact) mass is 262 g/mol. The highest BCUT2D eigenvalue weighted by molar-refractivity contribution is 7.80. The zero-order valence-corrected chi connectivity index (χ0v) is 10.5. The van der Waals surface area contributed by atoms with Crippen molar-refractivity contribution >= 4 is 17.2 Å². The van der Waals surface area contributed by atoms with Gasteiger partial charge in [0.05, 0.1) is 0 Å². The van der Waals surface area contributed by atoms with Crippen molar-refractivity contribution < 1.29 is 9.13 Å². The Morgan fingerprint density at radius 2 is 2.17 bits per heavy atom. The second kappa shape index (κ2) is 5.10. The van der Waals surface area contributed by atoms with Crippen LogP contribution in [0.15, 0.2) is 36.5 Å². The zero-order valence-electron chi connectivity index (χ0n) is 9.68. The van der Waals surface area contributed by atoms with Gasteiger partial charge in [-0.25, -0.2) is 4.39 Å². The van der Waals surface area contributed by atoms with Crippen molar-refractivity contribution in [1.29, 1.82) is 0 Å². The third-order valence-corrected chi connectivity index (χ3v) is 2.58. The van der Waals surface area contributed by atoms with Crippen molar-refractivity contribution in [2.24, 2.45) is 5.73 Å². The molecule has 2 aromatic rings. The van der Waals surface area contributed by atoms with Crippen molar-refractivity contribution in [2.45, 2.75) is 6.92 Å². The van der Waals surface area contributed by atoms with E-state index in [2.05, 4.69) is 4.98 Å². The summed E-state index contributed by atoms with van der Waals surface area (Å²) < 4.78 is 19.2. The Hall–Kier alpha value is -2.01. The minimum atomic E-state index is -0.383. The largest absolute Gasteiger partial charge is 0.454 e. The molecular weight excluding hydrogens is 251 g/mol. The summed E-state index contributed by atoms with van der Waals surface area (Å²) in [4.78, 5) is 4.15. The van der Waals surface area contributed by atoms with Crippen LogP contribution in [0.25, 0.3) is 0 Å². The van der Waals surface area contributed by atoms with Gasteiger partial charge in [0.2, 0.25) is 0 Å². The van der Waals surface area contributed by atoms with Crippen LogP contribution in [-0.2, 0) is 0 Å². The lowest BCUT2D eigenvalue weighted by Crippen LogP contribution is -2.11. The second-order valence-corrected chi connectivity index (χ2v) is 4.17. The van der Waals surface area contributed by atoms with Gasteiger partial charge >= 0.3 is 0 Å². The van der Waals surface area contributed by atoms with Crippen LogP contribution >= 0.6 is 12.2 Å². The van der Waals surface area contributed by atoms with E-state index in [0.717, 1.165) is 0 Å². The van der Waals surface area contributed by atoms with Crippen LogP contribution in [0.5, 0.6) is 11.5 Å². The summed E-state index contributed by atoms with van der Waals surface area (Å²) in [5.41, 5.74) is 6.43. The van der Waals surface area contributed by atoms with E-state index in [4.69, 9.17) is 22.7 Å². The number of hydrogen-bond donors (Lipinski definition) is 1. The minimum absolute atomic E-state index is 0.162. The van der Waals surface area contributed by atoms with E-state index in [0.29, 0.717) is 17.0 Å². The van der Waals surface area contributed by atoms with Gasteiger partial charge in [-0.15, -0.1) is 0 Å². The molecule has 0 spiro atoms. The molecule has 0 saturated heterocycles. The maximum Gasteiger partial charge on any atom is 0.168 e. The smallest absolute Gasteiger partial charge is 0.168 e. The fourth-order valence-electron chi connectivity index (χ4n) is 1.44. The van der Waals surface area contributed by atoms with Crippen LogP contribution < -0.4 is 10.5 Å². The molecule has 0 saturated carbocycles. The van der Waals surface area contributed by atoms with E-state index in [1.807, 2.05) is 0 Å². The Morgan fingerprint density at radius 1 is 1.39 bits per heavy atom. The van der Waals surface area contributed by atoms with Gasteiger partial charge in [0.1, 0.15) is 16.4 Å². The van der Waals surface area contributed by atoms with E-state index in [-0.39, 0.29) is 16.6 Å². The Bertz CT molecular complexity index is 601. The topological polar surface area (TPSA) is 48.1 Å². The number of aromatic nitrogens is 1.